The van der Waals surface area contributed by atoms with E-state index in [0.717, 1.165) is 12.8 Å². The molecule has 0 bridgehead atoms. The molecule has 1 saturated carbocycles. The first kappa shape index (κ1) is 13.9. The third-order valence-corrected chi connectivity index (χ3v) is 4.71. The normalized spacial score (nSPS) is 23.2. The van der Waals surface area contributed by atoms with Crippen LogP contribution in [0.5, 0.6) is 0 Å². The number of rotatable bonds is 4. The zero-order valence-electron chi connectivity index (χ0n) is 10.5. The lowest BCUT2D eigenvalue weighted by atomic mass is 10.3. The fourth-order valence-corrected chi connectivity index (χ4v) is 3.38. The number of methoxy groups -OCH3 is 1. The van der Waals surface area contributed by atoms with Crippen molar-refractivity contribution in [1.82, 2.24) is 9.71 Å². The van der Waals surface area contributed by atoms with Gasteiger partial charge in [0.05, 0.1) is 6.10 Å². The van der Waals surface area contributed by atoms with E-state index in [-0.39, 0.29) is 22.7 Å². The van der Waals surface area contributed by atoms with Gasteiger partial charge in [-0.1, -0.05) is 0 Å². The number of ether oxygens (including phenoxy) is 1. The highest BCUT2D eigenvalue weighted by molar-refractivity contribution is 7.89. The van der Waals surface area contributed by atoms with E-state index in [1.807, 2.05) is 6.07 Å². The van der Waals surface area contributed by atoms with Gasteiger partial charge in [-0.05, 0) is 31.4 Å². The Bertz CT molecular complexity index is 577. The molecule has 0 radical (unpaired) electrons. The first-order chi connectivity index (χ1) is 9.05. The first-order valence-electron chi connectivity index (χ1n) is 5.96. The highest BCUT2D eigenvalue weighted by Gasteiger charge is 2.28. The topological polar surface area (TPSA) is 92.1 Å². The molecule has 1 aromatic heterocycles. The van der Waals surface area contributed by atoms with Crippen molar-refractivity contribution in [2.45, 2.75) is 36.3 Å². The predicted molar refractivity (Wildman–Crippen MR) is 67.7 cm³/mol. The Balaban J connectivity index is 2.08. The molecule has 2 atom stereocenters. The number of nitrogens with zero attached hydrogens (tertiary/aromatic N) is 2. The fourth-order valence-electron chi connectivity index (χ4n) is 2.15. The summed E-state index contributed by atoms with van der Waals surface area (Å²) in [6.07, 6.45) is 3.62. The van der Waals surface area contributed by atoms with Gasteiger partial charge in [0.1, 0.15) is 16.7 Å². The van der Waals surface area contributed by atoms with Crippen LogP contribution in [0, 0.1) is 11.3 Å². The largest absolute Gasteiger partial charge is 0.381 e. The summed E-state index contributed by atoms with van der Waals surface area (Å²) in [6.45, 7) is 0. The first-order valence-corrected chi connectivity index (χ1v) is 7.45. The molecule has 0 saturated heterocycles. The Morgan fingerprint density at radius 2 is 2.26 bits per heavy atom. The number of hydrogen-bond acceptors (Lipinski definition) is 5. The summed E-state index contributed by atoms with van der Waals surface area (Å²) in [4.78, 5) is 3.84. The number of nitrogens with one attached hydrogen (secondary N) is 1. The molecule has 1 fully saturated rings. The quantitative estimate of drug-likeness (QED) is 0.881. The minimum atomic E-state index is -3.58. The molecule has 0 aromatic carbocycles. The molecule has 7 heteroatoms. The van der Waals surface area contributed by atoms with Crippen molar-refractivity contribution < 1.29 is 13.2 Å². The SMILES string of the molecule is COC1CCC(NS(=O)(=O)c2ccc(C#N)nc2)C1. The number of aromatic nitrogens is 1. The molecule has 102 valence electrons. The van der Waals surface area contributed by atoms with Crippen LogP contribution in [0.1, 0.15) is 25.0 Å². The lowest BCUT2D eigenvalue weighted by Crippen LogP contribution is -2.33. The van der Waals surface area contributed by atoms with Crippen LogP contribution in [0.25, 0.3) is 0 Å². The van der Waals surface area contributed by atoms with Gasteiger partial charge < -0.3 is 4.74 Å². The van der Waals surface area contributed by atoms with E-state index in [2.05, 4.69) is 9.71 Å². The van der Waals surface area contributed by atoms with Gasteiger partial charge in [0.25, 0.3) is 0 Å². The highest BCUT2D eigenvalue weighted by Crippen LogP contribution is 2.23. The molecule has 1 aromatic rings. The van der Waals surface area contributed by atoms with Gasteiger partial charge in [0.2, 0.25) is 10.0 Å². The molecular formula is C12H15N3O3S. The lowest BCUT2D eigenvalue weighted by Gasteiger charge is -2.13. The monoisotopic (exact) mass is 281 g/mol. The van der Waals surface area contributed by atoms with E-state index in [1.54, 1.807) is 7.11 Å². The van der Waals surface area contributed by atoms with Crippen molar-refractivity contribution in [3.63, 3.8) is 0 Å². The molecule has 6 nitrogen and oxygen atoms in total. The van der Waals surface area contributed by atoms with Crippen molar-refractivity contribution in [1.29, 1.82) is 5.26 Å². The van der Waals surface area contributed by atoms with E-state index >= 15 is 0 Å². The maximum atomic E-state index is 12.1. The van der Waals surface area contributed by atoms with Crippen LogP contribution in [-0.4, -0.2) is 32.7 Å². The van der Waals surface area contributed by atoms with E-state index in [9.17, 15) is 8.42 Å². The van der Waals surface area contributed by atoms with Crippen LogP contribution in [0.4, 0.5) is 0 Å². The molecular weight excluding hydrogens is 266 g/mol. The zero-order chi connectivity index (χ0) is 13.9. The van der Waals surface area contributed by atoms with Gasteiger partial charge in [-0.25, -0.2) is 18.1 Å². The van der Waals surface area contributed by atoms with Crippen molar-refractivity contribution in [3.8, 4) is 6.07 Å². The third-order valence-electron chi connectivity index (χ3n) is 3.20. The van der Waals surface area contributed by atoms with Crippen molar-refractivity contribution in [2.24, 2.45) is 0 Å². The van der Waals surface area contributed by atoms with Gasteiger partial charge in [-0.3, -0.25) is 0 Å². The summed E-state index contributed by atoms with van der Waals surface area (Å²) in [5.74, 6) is 0. The van der Waals surface area contributed by atoms with E-state index < -0.39 is 10.0 Å². The zero-order valence-corrected chi connectivity index (χ0v) is 11.4. The summed E-state index contributed by atoms with van der Waals surface area (Å²) in [7, 11) is -1.95. The molecule has 1 N–H and O–H groups in total. The van der Waals surface area contributed by atoms with Crippen LogP contribution in [0.2, 0.25) is 0 Å². The Morgan fingerprint density at radius 3 is 2.79 bits per heavy atom. The summed E-state index contributed by atoms with van der Waals surface area (Å²) in [5, 5.41) is 8.63. The third kappa shape index (κ3) is 3.29. The molecule has 1 aliphatic rings. The van der Waals surface area contributed by atoms with Crippen LogP contribution in [-0.2, 0) is 14.8 Å². The minimum absolute atomic E-state index is 0.0763. The number of sulfonamides is 1. The predicted octanol–water partition coefficient (Wildman–Crippen LogP) is 0.799. The number of nitriles is 1. The molecule has 2 rings (SSSR count). The molecule has 0 spiro atoms. The van der Waals surface area contributed by atoms with E-state index in [4.69, 9.17) is 10.00 Å². The Labute approximate surface area is 112 Å². The van der Waals surface area contributed by atoms with Gasteiger partial charge >= 0.3 is 0 Å². The summed E-state index contributed by atoms with van der Waals surface area (Å²) in [5.41, 5.74) is 0.194. The van der Waals surface area contributed by atoms with E-state index in [0.29, 0.717) is 6.42 Å². The van der Waals surface area contributed by atoms with E-state index in [1.165, 1.54) is 18.3 Å². The number of hydrogen-bond donors (Lipinski definition) is 1. The maximum absolute atomic E-state index is 12.1. The molecule has 1 heterocycles. The summed E-state index contributed by atoms with van der Waals surface area (Å²) in [6, 6.07) is 4.52. The number of pyridine rings is 1. The van der Waals surface area contributed by atoms with Crippen molar-refractivity contribution in [2.75, 3.05) is 7.11 Å². The smallest absolute Gasteiger partial charge is 0.242 e. The van der Waals surface area contributed by atoms with Crippen molar-refractivity contribution in [3.05, 3.63) is 24.0 Å². The molecule has 19 heavy (non-hydrogen) atoms. The molecule has 0 aliphatic heterocycles. The molecule has 2 unspecified atom stereocenters. The maximum Gasteiger partial charge on any atom is 0.242 e. The standard InChI is InChI=1S/C12H15N3O3S/c1-18-11-4-2-9(6-11)15-19(16,17)12-5-3-10(7-13)14-8-12/h3,5,8-9,11,15H,2,4,6H2,1H3. The highest BCUT2D eigenvalue weighted by atomic mass is 32.2. The van der Waals surface area contributed by atoms with Gasteiger partial charge in [-0.2, -0.15) is 5.26 Å². The second-order valence-electron chi connectivity index (χ2n) is 4.48. The van der Waals surface area contributed by atoms with Crippen LogP contribution in [0.15, 0.2) is 23.2 Å². The Kier molecular flexibility index (Phi) is 4.14. The van der Waals surface area contributed by atoms with Gasteiger partial charge in [0.15, 0.2) is 0 Å². The fraction of sp³-hybridized carbons (Fsp3) is 0.500. The summed E-state index contributed by atoms with van der Waals surface area (Å²) >= 11 is 0. The Hall–Kier alpha value is -1.49. The molecule has 1 aliphatic carbocycles. The Morgan fingerprint density at radius 1 is 1.47 bits per heavy atom. The van der Waals surface area contributed by atoms with Gasteiger partial charge in [0, 0.05) is 19.3 Å². The van der Waals surface area contributed by atoms with Crippen LogP contribution < -0.4 is 4.72 Å². The van der Waals surface area contributed by atoms with Crippen LogP contribution >= 0.6 is 0 Å². The average molecular weight is 281 g/mol. The minimum Gasteiger partial charge on any atom is -0.381 e. The second-order valence-corrected chi connectivity index (χ2v) is 6.19. The molecule has 0 amide bonds. The van der Waals surface area contributed by atoms with Crippen molar-refractivity contribution >= 4 is 10.0 Å². The average Bonchev–Trinajstić information content (AvgIpc) is 2.85. The van der Waals surface area contributed by atoms with Crippen LogP contribution in [0.3, 0.4) is 0 Å². The lowest BCUT2D eigenvalue weighted by molar-refractivity contribution is 0.107. The van der Waals surface area contributed by atoms with Gasteiger partial charge in [-0.15, -0.1) is 0 Å². The second kappa shape index (κ2) is 5.65. The summed E-state index contributed by atoms with van der Waals surface area (Å²) < 4.78 is 32.1.